The average Bonchev–Trinajstić information content (AvgIpc) is 2.41. The van der Waals surface area contributed by atoms with Gasteiger partial charge in [0, 0.05) is 22.9 Å². The molecule has 4 N–H and O–H groups in total. The van der Waals surface area contributed by atoms with E-state index in [1.54, 1.807) is 24.3 Å². The van der Waals surface area contributed by atoms with Crippen molar-refractivity contribution in [1.82, 2.24) is 5.32 Å². The number of carbonyl (C=O) groups is 1. The van der Waals surface area contributed by atoms with Gasteiger partial charge in [-0.05, 0) is 36.2 Å². The van der Waals surface area contributed by atoms with Crippen molar-refractivity contribution in [3.63, 3.8) is 0 Å². The second-order valence-electron chi connectivity index (χ2n) is 4.34. The lowest BCUT2D eigenvalue weighted by Gasteiger charge is -2.09. The Bertz CT molecular complexity index is 601. The molecule has 20 heavy (non-hydrogen) atoms. The number of anilines is 2. The molecule has 0 saturated carbocycles. The second kappa shape index (κ2) is 6.82. The quantitative estimate of drug-likeness (QED) is 0.756. The number of para-hydroxylation sites is 1. The molecule has 0 aliphatic rings. The van der Waals surface area contributed by atoms with Crippen LogP contribution < -0.4 is 16.4 Å². The molecule has 2 aromatic carbocycles. The molecular weight excluding hydrogens is 274 g/mol. The zero-order chi connectivity index (χ0) is 14.4. The Morgan fingerprint density at radius 1 is 1.15 bits per heavy atom. The van der Waals surface area contributed by atoms with Gasteiger partial charge in [-0.25, -0.2) is 4.79 Å². The van der Waals surface area contributed by atoms with Crippen LogP contribution in [0.2, 0.25) is 5.02 Å². The van der Waals surface area contributed by atoms with Crippen molar-refractivity contribution in [3.05, 3.63) is 59.1 Å². The lowest BCUT2D eigenvalue weighted by atomic mass is 10.1. The smallest absolute Gasteiger partial charge is 0.319 e. The number of nitrogens with one attached hydrogen (secondary N) is 2. The first-order valence-corrected chi connectivity index (χ1v) is 6.67. The summed E-state index contributed by atoms with van der Waals surface area (Å²) in [5, 5.41) is 6.08. The third-order valence-corrected chi connectivity index (χ3v) is 3.05. The average molecular weight is 290 g/mol. The molecule has 0 radical (unpaired) electrons. The van der Waals surface area contributed by atoms with Crippen LogP contribution in [0.5, 0.6) is 0 Å². The molecule has 0 aliphatic heterocycles. The molecule has 4 nitrogen and oxygen atoms in total. The van der Waals surface area contributed by atoms with Crippen LogP contribution in [0.3, 0.4) is 0 Å². The van der Waals surface area contributed by atoms with Crippen molar-refractivity contribution in [2.75, 3.05) is 17.6 Å². The molecular formula is C15H16ClN3O. The summed E-state index contributed by atoms with van der Waals surface area (Å²) in [5.41, 5.74) is 8.26. The summed E-state index contributed by atoms with van der Waals surface area (Å²) < 4.78 is 0. The Kier molecular flexibility index (Phi) is 4.85. The summed E-state index contributed by atoms with van der Waals surface area (Å²) in [4.78, 5) is 11.7. The van der Waals surface area contributed by atoms with E-state index in [1.165, 1.54) is 0 Å². The van der Waals surface area contributed by atoms with Gasteiger partial charge in [-0.1, -0.05) is 35.9 Å². The standard InChI is InChI=1S/C15H16ClN3O/c16-12-5-3-6-13(10-12)19-15(20)18-9-8-11-4-1-2-7-14(11)17/h1-7,10H,8-9,17H2,(H2,18,19,20). The maximum atomic E-state index is 11.7. The molecule has 0 atom stereocenters. The van der Waals surface area contributed by atoms with E-state index in [1.807, 2.05) is 24.3 Å². The summed E-state index contributed by atoms with van der Waals surface area (Å²) in [6, 6.07) is 14.4. The molecule has 0 unspecified atom stereocenters. The first kappa shape index (κ1) is 14.2. The molecule has 104 valence electrons. The summed E-state index contributed by atoms with van der Waals surface area (Å²) >= 11 is 5.84. The zero-order valence-corrected chi connectivity index (χ0v) is 11.7. The van der Waals surface area contributed by atoms with Crippen molar-refractivity contribution in [2.45, 2.75) is 6.42 Å². The number of rotatable bonds is 4. The van der Waals surface area contributed by atoms with E-state index < -0.39 is 0 Å². The number of hydrogen-bond acceptors (Lipinski definition) is 2. The van der Waals surface area contributed by atoms with E-state index in [9.17, 15) is 4.79 Å². The first-order chi connectivity index (χ1) is 9.65. The SMILES string of the molecule is Nc1ccccc1CCNC(=O)Nc1cccc(Cl)c1. The van der Waals surface area contributed by atoms with Gasteiger partial charge in [0.25, 0.3) is 0 Å². The molecule has 0 heterocycles. The molecule has 0 fully saturated rings. The highest BCUT2D eigenvalue weighted by Gasteiger charge is 2.02. The molecule has 2 rings (SSSR count). The summed E-state index contributed by atoms with van der Waals surface area (Å²) in [6.07, 6.45) is 0.690. The third kappa shape index (κ3) is 4.17. The number of amides is 2. The van der Waals surface area contributed by atoms with Gasteiger partial charge < -0.3 is 16.4 Å². The monoisotopic (exact) mass is 289 g/mol. The molecule has 0 bridgehead atoms. The van der Waals surface area contributed by atoms with Crippen LogP contribution in [-0.2, 0) is 6.42 Å². The highest BCUT2D eigenvalue weighted by atomic mass is 35.5. The second-order valence-corrected chi connectivity index (χ2v) is 4.78. The lowest BCUT2D eigenvalue weighted by Crippen LogP contribution is -2.30. The van der Waals surface area contributed by atoms with Crippen LogP contribution >= 0.6 is 11.6 Å². The Balaban J connectivity index is 1.80. The van der Waals surface area contributed by atoms with Crippen LogP contribution in [0.1, 0.15) is 5.56 Å². The number of benzene rings is 2. The van der Waals surface area contributed by atoms with Gasteiger partial charge in [-0.15, -0.1) is 0 Å². The van der Waals surface area contributed by atoms with Gasteiger partial charge in [0.1, 0.15) is 0 Å². The van der Waals surface area contributed by atoms with Crippen LogP contribution in [0.25, 0.3) is 0 Å². The first-order valence-electron chi connectivity index (χ1n) is 6.29. The zero-order valence-electron chi connectivity index (χ0n) is 10.9. The fraction of sp³-hybridized carbons (Fsp3) is 0.133. The van der Waals surface area contributed by atoms with Crippen LogP contribution in [0.15, 0.2) is 48.5 Å². The normalized spacial score (nSPS) is 10.1. The predicted octanol–water partition coefficient (Wildman–Crippen LogP) is 3.29. The fourth-order valence-corrected chi connectivity index (χ4v) is 2.00. The number of carbonyl (C=O) groups excluding carboxylic acids is 1. The van der Waals surface area contributed by atoms with Crippen LogP contribution in [0, 0.1) is 0 Å². The number of urea groups is 1. The van der Waals surface area contributed by atoms with Gasteiger partial charge in [0.15, 0.2) is 0 Å². The Hall–Kier alpha value is -2.20. The van der Waals surface area contributed by atoms with Crippen LogP contribution in [0.4, 0.5) is 16.2 Å². The van der Waals surface area contributed by atoms with Gasteiger partial charge in [-0.3, -0.25) is 0 Å². The van der Waals surface area contributed by atoms with E-state index in [2.05, 4.69) is 10.6 Å². The number of hydrogen-bond donors (Lipinski definition) is 3. The van der Waals surface area contributed by atoms with E-state index in [0.29, 0.717) is 23.7 Å². The molecule has 5 heteroatoms. The molecule has 0 saturated heterocycles. The van der Waals surface area contributed by atoms with E-state index in [4.69, 9.17) is 17.3 Å². The molecule has 0 aliphatic carbocycles. The van der Waals surface area contributed by atoms with Crippen LogP contribution in [-0.4, -0.2) is 12.6 Å². The summed E-state index contributed by atoms with van der Waals surface area (Å²) in [7, 11) is 0. The minimum atomic E-state index is -0.262. The van der Waals surface area contributed by atoms with Crippen molar-refractivity contribution in [1.29, 1.82) is 0 Å². The van der Waals surface area contributed by atoms with Crippen molar-refractivity contribution in [3.8, 4) is 0 Å². The third-order valence-electron chi connectivity index (χ3n) is 2.82. The molecule has 0 spiro atoms. The van der Waals surface area contributed by atoms with Crippen molar-refractivity contribution >= 4 is 29.0 Å². The maximum absolute atomic E-state index is 11.7. The minimum absolute atomic E-state index is 0.262. The van der Waals surface area contributed by atoms with E-state index >= 15 is 0 Å². The van der Waals surface area contributed by atoms with Crippen molar-refractivity contribution in [2.24, 2.45) is 0 Å². The highest BCUT2D eigenvalue weighted by Crippen LogP contribution is 2.14. The Labute approximate surface area is 122 Å². The van der Waals surface area contributed by atoms with Gasteiger partial charge in [-0.2, -0.15) is 0 Å². The topological polar surface area (TPSA) is 67.1 Å². The number of nitrogens with two attached hydrogens (primary N) is 1. The maximum Gasteiger partial charge on any atom is 0.319 e. The predicted molar refractivity (Wildman–Crippen MR) is 83.0 cm³/mol. The number of halogens is 1. The fourth-order valence-electron chi connectivity index (χ4n) is 1.81. The minimum Gasteiger partial charge on any atom is -0.399 e. The van der Waals surface area contributed by atoms with Gasteiger partial charge >= 0.3 is 6.03 Å². The summed E-state index contributed by atoms with van der Waals surface area (Å²) in [6.45, 7) is 0.514. The highest BCUT2D eigenvalue weighted by molar-refractivity contribution is 6.30. The largest absolute Gasteiger partial charge is 0.399 e. The van der Waals surface area contributed by atoms with Gasteiger partial charge in [0.05, 0.1) is 0 Å². The number of nitrogen functional groups attached to an aromatic ring is 1. The summed E-state index contributed by atoms with van der Waals surface area (Å²) in [5.74, 6) is 0. The molecule has 2 aromatic rings. The molecule has 0 aromatic heterocycles. The Morgan fingerprint density at radius 2 is 1.95 bits per heavy atom. The molecule has 2 amide bonds. The van der Waals surface area contributed by atoms with Gasteiger partial charge in [0.2, 0.25) is 0 Å². The Morgan fingerprint density at radius 3 is 2.70 bits per heavy atom. The van der Waals surface area contributed by atoms with E-state index in [-0.39, 0.29) is 6.03 Å². The van der Waals surface area contributed by atoms with E-state index in [0.717, 1.165) is 11.3 Å². The van der Waals surface area contributed by atoms with Crippen molar-refractivity contribution < 1.29 is 4.79 Å². The lowest BCUT2D eigenvalue weighted by molar-refractivity contribution is 0.252.